The van der Waals surface area contributed by atoms with Gasteiger partial charge in [-0.05, 0) is 48.9 Å². The third kappa shape index (κ3) is 5.83. The summed E-state index contributed by atoms with van der Waals surface area (Å²) in [5.74, 6) is -0.366. The third-order valence-corrected chi connectivity index (χ3v) is 3.82. The Morgan fingerprint density at radius 2 is 1.90 bits per heavy atom. The van der Waals surface area contributed by atoms with Crippen molar-refractivity contribution in [1.29, 1.82) is 0 Å². The second-order valence-corrected chi connectivity index (χ2v) is 5.53. The summed E-state index contributed by atoms with van der Waals surface area (Å²) in [7, 11) is 0. The van der Waals surface area contributed by atoms with E-state index in [1.54, 1.807) is 0 Å². The lowest BCUT2D eigenvalue weighted by Crippen LogP contribution is -2.18. The van der Waals surface area contributed by atoms with Crippen molar-refractivity contribution in [2.45, 2.75) is 23.9 Å². The maximum absolute atomic E-state index is 12.4. The van der Waals surface area contributed by atoms with Crippen LogP contribution in [0.2, 0.25) is 0 Å². The van der Waals surface area contributed by atoms with Gasteiger partial charge in [-0.3, -0.25) is 4.79 Å². The predicted molar refractivity (Wildman–Crippen MR) is 71.6 cm³/mol. The highest BCUT2D eigenvalue weighted by atomic mass is 32.2. The highest BCUT2D eigenvalue weighted by Crippen LogP contribution is 2.31. The fraction of sp³-hybridized carbons (Fsp3) is 0.462. The number of benzene rings is 1. The van der Waals surface area contributed by atoms with Crippen LogP contribution < -0.4 is 5.73 Å². The van der Waals surface area contributed by atoms with Crippen LogP contribution in [0.25, 0.3) is 0 Å². The minimum absolute atomic E-state index is 0.0179. The van der Waals surface area contributed by atoms with E-state index >= 15 is 0 Å². The molecule has 0 aromatic heterocycles. The molecule has 0 heterocycles. The zero-order valence-electron chi connectivity index (χ0n) is 10.7. The topological polar surface area (TPSA) is 63.3 Å². The molecule has 3 nitrogen and oxygen atoms in total. The van der Waals surface area contributed by atoms with Crippen LogP contribution in [0.15, 0.2) is 29.2 Å². The molecule has 0 saturated heterocycles. The Morgan fingerprint density at radius 1 is 1.30 bits per heavy atom. The van der Waals surface area contributed by atoms with E-state index in [9.17, 15) is 18.0 Å². The first-order valence-electron chi connectivity index (χ1n) is 6.05. The summed E-state index contributed by atoms with van der Waals surface area (Å²) in [5.41, 5.74) is 4.80. The molecular weight excluding hydrogens is 291 g/mol. The number of aliphatic carboxylic acids is 1. The lowest BCUT2D eigenvalue weighted by Gasteiger charge is -2.12. The minimum Gasteiger partial charge on any atom is -0.481 e. The molecule has 112 valence electrons. The summed E-state index contributed by atoms with van der Waals surface area (Å²) in [6.45, 7) is 0.292. The Balaban J connectivity index is 2.44. The smallest absolute Gasteiger partial charge is 0.416 e. The van der Waals surface area contributed by atoms with Crippen LogP contribution in [0.4, 0.5) is 13.2 Å². The predicted octanol–water partition coefficient (Wildman–Crippen LogP) is 3.24. The third-order valence-electron chi connectivity index (χ3n) is 2.77. The summed E-state index contributed by atoms with van der Waals surface area (Å²) < 4.78 is 37.1. The maximum atomic E-state index is 12.4. The van der Waals surface area contributed by atoms with E-state index in [-0.39, 0.29) is 12.3 Å². The minimum atomic E-state index is -4.32. The Hall–Kier alpha value is -1.21. The highest BCUT2D eigenvalue weighted by Gasteiger charge is 2.29. The number of halogens is 3. The van der Waals surface area contributed by atoms with Gasteiger partial charge in [0.05, 0.1) is 5.56 Å². The number of rotatable bonds is 7. The number of hydrogen-bond acceptors (Lipinski definition) is 3. The number of thioether (sulfide) groups is 1. The lowest BCUT2D eigenvalue weighted by molar-refractivity contribution is -0.138. The van der Waals surface area contributed by atoms with E-state index in [2.05, 4.69) is 0 Å². The van der Waals surface area contributed by atoms with Gasteiger partial charge in [-0.15, -0.1) is 11.8 Å². The Kier molecular flexibility index (Phi) is 6.35. The van der Waals surface area contributed by atoms with Gasteiger partial charge in [0.1, 0.15) is 0 Å². The van der Waals surface area contributed by atoms with Crippen molar-refractivity contribution < 1.29 is 23.1 Å². The summed E-state index contributed by atoms with van der Waals surface area (Å²) in [6.07, 6.45) is -3.69. The van der Waals surface area contributed by atoms with Crippen molar-refractivity contribution in [3.63, 3.8) is 0 Å². The lowest BCUT2D eigenvalue weighted by atomic mass is 10.0. The van der Waals surface area contributed by atoms with Crippen molar-refractivity contribution in [3.8, 4) is 0 Å². The molecule has 1 atom stereocenters. The van der Waals surface area contributed by atoms with Crippen LogP contribution in [0.3, 0.4) is 0 Å². The van der Waals surface area contributed by atoms with Gasteiger partial charge in [0.2, 0.25) is 0 Å². The number of carboxylic acid groups (broad SMARTS) is 1. The molecule has 0 aliphatic carbocycles. The zero-order valence-corrected chi connectivity index (χ0v) is 11.5. The van der Waals surface area contributed by atoms with Gasteiger partial charge >= 0.3 is 12.1 Å². The summed E-state index contributed by atoms with van der Waals surface area (Å²) in [5, 5.41) is 8.67. The van der Waals surface area contributed by atoms with Crippen molar-refractivity contribution in [2.75, 3.05) is 12.3 Å². The van der Waals surface area contributed by atoms with E-state index in [1.165, 1.54) is 23.9 Å². The first-order chi connectivity index (χ1) is 9.32. The number of hydrogen-bond donors (Lipinski definition) is 2. The van der Waals surface area contributed by atoms with Gasteiger partial charge in [0.25, 0.3) is 0 Å². The average Bonchev–Trinajstić information content (AvgIpc) is 2.36. The standard InChI is InChI=1S/C13H16F3NO2S/c14-13(15,16)10-1-3-11(4-2-10)20-6-5-9(8-17)7-12(18)19/h1-4,9H,5-8,17H2,(H,18,19). The van der Waals surface area contributed by atoms with E-state index in [0.717, 1.165) is 17.0 Å². The largest absolute Gasteiger partial charge is 0.481 e. The molecule has 0 aliphatic heterocycles. The van der Waals surface area contributed by atoms with Crippen LogP contribution in [0.1, 0.15) is 18.4 Å². The Labute approximate surface area is 119 Å². The van der Waals surface area contributed by atoms with Crippen molar-refractivity contribution in [3.05, 3.63) is 29.8 Å². The van der Waals surface area contributed by atoms with E-state index < -0.39 is 17.7 Å². The molecular formula is C13H16F3NO2S. The molecule has 0 aliphatic rings. The fourth-order valence-corrected chi connectivity index (χ4v) is 2.65. The van der Waals surface area contributed by atoms with E-state index in [4.69, 9.17) is 10.8 Å². The monoisotopic (exact) mass is 307 g/mol. The van der Waals surface area contributed by atoms with Crippen LogP contribution in [-0.4, -0.2) is 23.4 Å². The Morgan fingerprint density at radius 3 is 2.35 bits per heavy atom. The molecule has 0 fully saturated rings. The van der Waals surface area contributed by atoms with Crippen molar-refractivity contribution >= 4 is 17.7 Å². The van der Waals surface area contributed by atoms with E-state index in [0.29, 0.717) is 18.7 Å². The quantitative estimate of drug-likeness (QED) is 0.759. The first-order valence-corrected chi connectivity index (χ1v) is 7.03. The van der Waals surface area contributed by atoms with Gasteiger partial charge in [-0.1, -0.05) is 0 Å². The maximum Gasteiger partial charge on any atom is 0.416 e. The zero-order chi connectivity index (χ0) is 15.2. The molecule has 7 heteroatoms. The average molecular weight is 307 g/mol. The van der Waals surface area contributed by atoms with Crippen LogP contribution >= 0.6 is 11.8 Å². The summed E-state index contributed by atoms with van der Waals surface area (Å²) in [6, 6.07) is 4.92. The van der Waals surface area contributed by atoms with Gasteiger partial charge in [-0.2, -0.15) is 13.2 Å². The van der Waals surface area contributed by atoms with E-state index in [1.807, 2.05) is 0 Å². The molecule has 1 unspecified atom stereocenters. The molecule has 1 aromatic rings. The fourth-order valence-electron chi connectivity index (χ4n) is 1.63. The molecule has 0 saturated carbocycles. The molecule has 20 heavy (non-hydrogen) atoms. The van der Waals surface area contributed by atoms with Crippen LogP contribution in [-0.2, 0) is 11.0 Å². The van der Waals surface area contributed by atoms with Gasteiger partial charge in [0, 0.05) is 11.3 Å². The highest BCUT2D eigenvalue weighted by molar-refractivity contribution is 7.99. The number of carbonyl (C=O) groups is 1. The molecule has 1 rings (SSSR count). The van der Waals surface area contributed by atoms with Crippen LogP contribution in [0, 0.1) is 5.92 Å². The van der Waals surface area contributed by atoms with Crippen molar-refractivity contribution in [2.24, 2.45) is 11.7 Å². The van der Waals surface area contributed by atoms with Gasteiger partial charge < -0.3 is 10.8 Å². The van der Waals surface area contributed by atoms with Crippen LogP contribution in [0.5, 0.6) is 0 Å². The molecule has 0 radical (unpaired) electrons. The summed E-state index contributed by atoms with van der Waals surface area (Å²) in [4.78, 5) is 11.3. The molecule has 0 spiro atoms. The molecule has 0 bridgehead atoms. The normalized spacial score (nSPS) is 13.2. The second-order valence-electron chi connectivity index (χ2n) is 4.36. The second kappa shape index (κ2) is 7.54. The van der Waals surface area contributed by atoms with Gasteiger partial charge in [-0.25, -0.2) is 0 Å². The molecule has 0 amide bonds. The SMILES string of the molecule is NCC(CCSc1ccc(C(F)(F)F)cc1)CC(=O)O. The number of carboxylic acids is 1. The molecule has 1 aromatic carbocycles. The first kappa shape index (κ1) is 16.8. The van der Waals surface area contributed by atoms with Gasteiger partial charge in [0.15, 0.2) is 0 Å². The number of nitrogens with two attached hydrogens (primary N) is 1. The molecule has 3 N–H and O–H groups in total. The number of alkyl halides is 3. The Bertz CT molecular complexity index is 434. The summed E-state index contributed by atoms with van der Waals surface area (Å²) >= 11 is 1.39. The van der Waals surface area contributed by atoms with Crippen molar-refractivity contribution in [1.82, 2.24) is 0 Å².